The molecular formula is C15H17BrN2O. The summed E-state index contributed by atoms with van der Waals surface area (Å²) in [6, 6.07) is 6.25. The second-order valence-corrected chi connectivity index (χ2v) is 5.70. The lowest BCUT2D eigenvalue weighted by Crippen LogP contribution is -2.10. The second-order valence-electron chi connectivity index (χ2n) is 4.99. The van der Waals surface area contributed by atoms with E-state index >= 15 is 0 Å². The molecule has 1 aromatic carbocycles. The summed E-state index contributed by atoms with van der Waals surface area (Å²) >= 11 is 3.58. The molecule has 0 N–H and O–H groups in total. The molecule has 0 unspecified atom stereocenters. The van der Waals surface area contributed by atoms with Gasteiger partial charge in [0.05, 0.1) is 12.8 Å². The molecule has 2 aromatic rings. The zero-order valence-corrected chi connectivity index (χ0v) is 12.8. The maximum absolute atomic E-state index is 5.49. The Morgan fingerprint density at radius 1 is 1.32 bits per heavy atom. The van der Waals surface area contributed by atoms with Crippen molar-refractivity contribution in [3.8, 4) is 17.0 Å². The van der Waals surface area contributed by atoms with Crippen molar-refractivity contribution in [2.24, 2.45) is 0 Å². The van der Waals surface area contributed by atoms with E-state index in [-0.39, 0.29) is 0 Å². The van der Waals surface area contributed by atoms with Crippen molar-refractivity contribution in [3.63, 3.8) is 0 Å². The Kier molecular flexibility index (Phi) is 3.35. The quantitative estimate of drug-likeness (QED) is 0.837. The number of hydrogen-bond acceptors (Lipinski definition) is 2. The third kappa shape index (κ3) is 2.18. The average molecular weight is 321 g/mol. The van der Waals surface area contributed by atoms with Gasteiger partial charge in [-0.3, -0.25) is 0 Å². The van der Waals surface area contributed by atoms with Gasteiger partial charge in [0.15, 0.2) is 4.73 Å². The van der Waals surface area contributed by atoms with Gasteiger partial charge in [-0.2, -0.15) is 0 Å². The van der Waals surface area contributed by atoms with Gasteiger partial charge in [-0.25, -0.2) is 4.98 Å². The largest absolute Gasteiger partial charge is 0.496 e. The summed E-state index contributed by atoms with van der Waals surface area (Å²) < 4.78 is 8.70. The number of aryl methyl sites for hydroxylation is 1. The van der Waals surface area contributed by atoms with E-state index in [0.29, 0.717) is 0 Å². The monoisotopic (exact) mass is 320 g/mol. The maximum Gasteiger partial charge on any atom is 0.177 e. The van der Waals surface area contributed by atoms with Crippen molar-refractivity contribution in [3.05, 3.63) is 34.2 Å². The van der Waals surface area contributed by atoms with Gasteiger partial charge in [-0.1, -0.05) is 11.6 Å². The van der Waals surface area contributed by atoms with Crippen LogP contribution in [0.15, 0.2) is 22.9 Å². The zero-order chi connectivity index (χ0) is 13.4. The molecule has 0 radical (unpaired) electrons. The van der Waals surface area contributed by atoms with E-state index in [9.17, 15) is 0 Å². The number of aromatic nitrogens is 2. The van der Waals surface area contributed by atoms with Crippen LogP contribution in [0.3, 0.4) is 0 Å². The van der Waals surface area contributed by atoms with Crippen molar-refractivity contribution in [2.45, 2.75) is 32.7 Å². The minimum absolute atomic E-state index is 0.893. The molecule has 1 aromatic heterocycles. The summed E-state index contributed by atoms with van der Waals surface area (Å²) in [4.78, 5) is 4.71. The number of ether oxygens (including phenoxy) is 1. The first-order valence-corrected chi connectivity index (χ1v) is 7.40. The predicted octanol–water partition coefficient (Wildman–Crippen LogP) is 3.97. The number of fused-ring (bicyclic) bond motifs is 1. The zero-order valence-electron chi connectivity index (χ0n) is 11.2. The summed E-state index contributed by atoms with van der Waals surface area (Å²) in [5, 5.41) is 0. The topological polar surface area (TPSA) is 27.1 Å². The Labute approximate surface area is 121 Å². The summed E-state index contributed by atoms with van der Waals surface area (Å²) in [5.74, 6) is 0.893. The second kappa shape index (κ2) is 5.00. The van der Waals surface area contributed by atoms with Crippen LogP contribution in [-0.4, -0.2) is 16.7 Å². The Morgan fingerprint density at radius 2 is 2.16 bits per heavy atom. The van der Waals surface area contributed by atoms with Gasteiger partial charge < -0.3 is 9.30 Å². The van der Waals surface area contributed by atoms with Crippen molar-refractivity contribution in [2.75, 3.05) is 7.11 Å². The first-order valence-electron chi connectivity index (χ1n) is 6.60. The minimum atomic E-state index is 0.893. The van der Waals surface area contributed by atoms with Crippen molar-refractivity contribution in [1.82, 2.24) is 9.55 Å². The molecule has 0 saturated carbocycles. The molecular weight excluding hydrogens is 304 g/mol. The normalized spacial score (nSPS) is 14.3. The van der Waals surface area contributed by atoms with E-state index in [2.05, 4.69) is 39.6 Å². The first kappa shape index (κ1) is 12.7. The fourth-order valence-electron chi connectivity index (χ4n) is 2.72. The number of hydrogen-bond donors (Lipinski definition) is 0. The van der Waals surface area contributed by atoms with E-state index in [4.69, 9.17) is 9.72 Å². The predicted molar refractivity (Wildman–Crippen MR) is 79.6 cm³/mol. The summed E-state index contributed by atoms with van der Waals surface area (Å²) in [7, 11) is 1.71. The van der Waals surface area contributed by atoms with Crippen LogP contribution in [-0.2, 0) is 13.0 Å². The molecule has 0 bridgehead atoms. The molecule has 0 fully saturated rings. The molecule has 0 aliphatic carbocycles. The number of methoxy groups -OCH3 is 1. The van der Waals surface area contributed by atoms with Crippen LogP contribution < -0.4 is 4.74 Å². The van der Waals surface area contributed by atoms with Gasteiger partial charge in [-0.05, 0) is 54.2 Å². The third-order valence-corrected chi connectivity index (χ3v) is 4.29. The first-order chi connectivity index (χ1) is 9.20. The van der Waals surface area contributed by atoms with Gasteiger partial charge in [0.2, 0.25) is 0 Å². The van der Waals surface area contributed by atoms with Crippen LogP contribution in [0, 0.1) is 6.92 Å². The van der Waals surface area contributed by atoms with E-state index in [1.54, 1.807) is 7.11 Å². The maximum atomic E-state index is 5.49. The Morgan fingerprint density at radius 3 is 2.95 bits per heavy atom. The highest BCUT2D eigenvalue weighted by Crippen LogP contribution is 2.36. The number of imidazole rings is 1. The summed E-state index contributed by atoms with van der Waals surface area (Å²) in [6.07, 6.45) is 3.55. The lowest BCUT2D eigenvalue weighted by Gasteiger charge is -2.16. The third-order valence-electron chi connectivity index (χ3n) is 3.68. The molecule has 0 atom stereocenters. The van der Waals surface area contributed by atoms with Gasteiger partial charge in [0.25, 0.3) is 0 Å². The van der Waals surface area contributed by atoms with Gasteiger partial charge in [0.1, 0.15) is 5.75 Å². The van der Waals surface area contributed by atoms with Crippen LogP contribution in [0.1, 0.15) is 24.1 Å². The van der Waals surface area contributed by atoms with Crippen molar-refractivity contribution < 1.29 is 4.74 Å². The SMILES string of the molecule is COc1ccc(C)cc1-c1nc(Br)n2c1CCCC2. The number of halogens is 1. The lowest BCUT2D eigenvalue weighted by atomic mass is 10.0. The standard InChI is InChI=1S/C15H17BrN2O/c1-10-6-7-13(19-2)11(9-10)14-12-5-3-4-8-18(12)15(16)17-14/h6-7,9H,3-5,8H2,1-2H3. The smallest absolute Gasteiger partial charge is 0.177 e. The molecule has 2 heterocycles. The fraction of sp³-hybridized carbons (Fsp3) is 0.400. The van der Waals surface area contributed by atoms with Crippen molar-refractivity contribution in [1.29, 1.82) is 0 Å². The van der Waals surface area contributed by atoms with Crippen LogP contribution in [0.5, 0.6) is 5.75 Å². The molecule has 4 heteroatoms. The van der Waals surface area contributed by atoms with Gasteiger partial charge >= 0.3 is 0 Å². The fourth-order valence-corrected chi connectivity index (χ4v) is 3.29. The van der Waals surface area contributed by atoms with E-state index in [1.807, 2.05) is 6.07 Å². The minimum Gasteiger partial charge on any atom is -0.496 e. The Hall–Kier alpha value is -1.29. The molecule has 1 aliphatic rings. The summed E-state index contributed by atoms with van der Waals surface area (Å²) in [5.41, 5.74) is 4.71. The average Bonchev–Trinajstić information content (AvgIpc) is 2.77. The van der Waals surface area contributed by atoms with Crippen molar-refractivity contribution >= 4 is 15.9 Å². The molecule has 19 heavy (non-hydrogen) atoms. The highest BCUT2D eigenvalue weighted by Gasteiger charge is 2.21. The molecule has 3 nitrogen and oxygen atoms in total. The Balaban J connectivity index is 2.19. The van der Waals surface area contributed by atoms with E-state index in [0.717, 1.165) is 34.7 Å². The number of nitrogens with zero attached hydrogens (tertiary/aromatic N) is 2. The van der Waals surface area contributed by atoms with E-state index in [1.165, 1.54) is 24.1 Å². The lowest BCUT2D eigenvalue weighted by molar-refractivity contribution is 0.416. The molecule has 0 saturated heterocycles. The Bertz CT molecular complexity index is 619. The highest BCUT2D eigenvalue weighted by atomic mass is 79.9. The molecule has 100 valence electrons. The van der Waals surface area contributed by atoms with Gasteiger partial charge in [0, 0.05) is 17.8 Å². The summed E-state index contributed by atoms with van der Waals surface area (Å²) in [6.45, 7) is 3.15. The highest BCUT2D eigenvalue weighted by molar-refractivity contribution is 9.10. The van der Waals surface area contributed by atoms with Crippen LogP contribution in [0.25, 0.3) is 11.3 Å². The number of rotatable bonds is 2. The van der Waals surface area contributed by atoms with Crippen LogP contribution in [0.4, 0.5) is 0 Å². The van der Waals surface area contributed by atoms with E-state index < -0.39 is 0 Å². The molecule has 0 spiro atoms. The van der Waals surface area contributed by atoms with Crippen LogP contribution in [0.2, 0.25) is 0 Å². The number of benzene rings is 1. The van der Waals surface area contributed by atoms with Gasteiger partial charge in [-0.15, -0.1) is 0 Å². The molecule has 0 amide bonds. The molecule has 3 rings (SSSR count). The molecule has 1 aliphatic heterocycles. The van der Waals surface area contributed by atoms with Crippen LogP contribution >= 0.6 is 15.9 Å².